The van der Waals surface area contributed by atoms with Crippen molar-refractivity contribution in [2.75, 3.05) is 0 Å². The molecule has 2 aromatic carbocycles. The molecule has 0 unspecified atom stereocenters. The number of benzene rings is 2. The minimum Gasteiger partial charge on any atom is -0.352 e. The maximum Gasteiger partial charge on any atom is 0.224 e. The zero-order valence-corrected chi connectivity index (χ0v) is 14.1. The van der Waals surface area contributed by atoms with E-state index in [0.717, 1.165) is 23.5 Å². The van der Waals surface area contributed by atoms with Crippen LogP contribution in [0.25, 0.3) is 0 Å². The zero-order chi connectivity index (χ0) is 17.6. The van der Waals surface area contributed by atoms with Gasteiger partial charge in [0.05, 0.1) is 6.42 Å². The Labute approximate surface area is 146 Å². The molecule has 0 saturated carbocycles. The van der Waals surface area contributed by atoms with Gasteiger partial charge in [-0.2, -0.15) is 0 Å². The van der Waals surface area contributed by atoms with E-state index in [4.69, 9.17) is 0 Å². The first-order chi connectivity index (χ1) is 12.1. The Morgan fingerprint density at radius 3 is 2.72 bits per heavy atom. The molecule has 0 aliphatic carbocycles. The SMILES string of the molecule is Cc1nccn1Cc1cccc(CNC(=O)Cc2ccccc2F)c1. The Morgan fingerprint density at radius 2 is 1.96 bits per heavy atom. The summed E-state index contributed by atoms with van der Waals surface area (Å²) in [5.41, 5.74) is 2.56. The van der Waals surface area contributed by atoms with Crippen LogP contribution in [-0.2, 0) is 24.3 Å². The molecule has 1 heterocycles. The van der Waals surface area contributed by atoms with Crippen molar-refractivity contribution in [1.29, 1.82) is 0 Å². The van der Waals surface area contributed by atoms with E-state index in [1.165, 1.54) is 6.07 Å². The van der Waals surface area contributed by atoms with Gasteiger partial charge < -0.3 is 9.88 Å². The van der Waals surface area contributed by atoms with Gasteiger partial charge in [-0.1, -0.05) is 42.5 Å². The van der Waals surface area contributed by atoms with Crippen molar-refractivity contribution in [2.45, 2.75) is 26.4 Å². The standard InChI is InChI=1S/C20H20FN3O/c1-15-22-9-10-24(15)14-17-6-4-5-16(11-17)13-23-20(25)12-18-7-2-3-8-19(18)21/h2-11H,12-14H2,1H3,(H,23,25). The molecule has 0 aliphatic heterocycles. The number of rotatable bonds is 6. The van der Waals surface area contributed by atoms with Crippen molar-refractivity contribution < 1.29 is 9.18 Å². The summed E-state index contributed by atoms with van der Waals surface area (Å²) in [7, 11) is 0. The first kappa shape index (κ1) is 16.9. The van der Waals surface area contributed by atoms with Gasteiger partial charge >= 0.3 is 0 Å². The van der Waals surface area contributed by atoms with Crippen molar-refractivity contribution in [1.82, 2.24) is 14.9 Å². The van der Waals surface area contributed by atoms with Crippen LogP contribution in [0.1, 0.15) is 22.5 Å². The third kappa shape index (κ3) is 4.53. The highest BCUT2D eigenvalue weighted by atomic mass is 19.1. The van der Waals surface area contributed by atoms with E-state index in [1.807, 2.05) is 31.3 Å². The second-order valence-electron chi connectivity index (χ2n) is 5.97. The number of carbonyl (C=O) groups excluding carboxylic acids is 1. The van der Waals surface area contributed by atoms with Crippen LogP contribution in [0.5, 0.6) is 0 Å². The highest BCUT2D eigenvalue weighted by Gasteiger charge is 2.07. The van der Waals surface area contributed by atoms with E-state index >= 15 is 0 Å². The van der Waals surface area contributed by atoms with Crippen molar-refractivity contribution in [3.8, 4) is 0 Å². The van der Waals surface area contributed by atoms with E-state index in [2.05, 4.69) is 20.9 Å². The molecule has 0 spiro atoms. The predicted octanol–water partition coefficient (Wildman–Crippen LogP) is 3.24. The topological polar surface area (TPSA) is 46.9 Å². The maximum absolute atomic E-state index is 13.6. The molecular weight excluding hydrogens is 317 g/mol. The molecule has 25 heavy (non-hydrogen) atoms. The monoisotopic (exact) mass is 337 g/mol. The van der Waals surface area contributed by atoms with Gasteiger partial charge in [-0.05, 0) is 29.7 Å². The van der Waals surface area contributed by atoms with E-state index in [0.29, 0.717) is 12.1 Å². The lowest BCUT2D eigenvalue weighted by Gasteiger charge is -2.09. The minimum absolute atomic E-state index is 0.0423. The van der Waals surface area contributed by atoms with Crippen LogP contribution in [0.3, 0.4) is 0 Å². The largest absolute Gasteiger partial charge is 0.352 e. The molecule has 1 aromatic heterocycles. The fourth-order valence-electron chi connectivity index (χ4n) is 2.68. The number of hydrogen-bond donors (Lipinski definition) is 1. The van der Waals surface area contributed by atoms with Gasteiger partial charge in [-0.25, -0.2) is 9.37 Å². The summed E-state index contributed by atoms with van der Waals surface area (Å²) in [6.45, 7) is 3.12. The van der Waals surface area contributed by atoms with Crippen LogP contribution in [0, 0.1) is 12.7 Å². The summed E-state index contributed by atoms with van der Waals surface area (Å²) in [6, 6.07) is 14.4. The summed E-state index contributed by atoms with van der Waals surface area (Å²) in [4.78, 5) is 16.3. The van der Waals surface area contributed by atoms with Gasteiger partial charge in [0.2, 0.25) is 5.91 Å². The number of imidazole rings is 1. The van der Waals surface area contributed by atoms with Crippen molar-refractivity contribution in [3.63, 3.8) is 0 Å². The molecule has 0 bridgehead atoms. The summed E-state index contributed by atoms with van der Waals surface area (Å²) in [5, 5.41) is 2.85. The number of aryl methyl sites for hydroxylation is 1. The van der Waals surface area contributed by atoms with Crippen molar-refractivity contribution in [3.05, 3.63) is 89.3 Å². The molecule has 4 nitrogen and oxygen atoms in total. The maximum atomic E-state index is 13.6. The Morgan fingerprint density at radius 1 is 1.16 bits per heavy atom. The van der Waals surface area contributed by atoms with Gasteiger partial charge in [-0.3, -0.25) is 4.79 Å². The fraction of sp³-hybridized carbons (Fsp3) is 0.200. The van der Waals surface area contributed by atoms with Gasteiger partial charge in [0, 0.05) is 25.5 Å². The highest BCUT2D eigenvalue weighted by molar-refractivity contribution is 5.78. The molecule has 3 aromatic rings. The summed E-state index contributed by atoms with van der Waals surface area (Å²) in [5.74, 6) is 0.417. The quantitative estimate of drug-likeness (QED) is 0.751. The number of hydrogen-bond acceptors (Lipinski definition) is 2. The number of amides is 1. The number of carbonyl (C=O) groups is 1. The second-order valence-corrected chi connectivity index (χ2v) is 5.97. The van der Waals surface area contributed by atoms with Crippen molar-refractivity contribution in [2.24, 2.45) is 0 Å². The summed E-state index contributed by atoms with van der Waals surface area (Å²) < 4.78 is 15.7. The number of halogens is 1. The van der Waals surface area contributed by atoms with E-state index in [-0.39, 0.29) is 18.1 Å². The molecule has 1 N–H and O–H groups in total. The van der Waals surface area contributed by atoms with E-state index in [9.17, 15) is 9.18 Å². The first-order valence-corrected chi connectivity index (χ1v) is 8.17. The normalized spacial score (nSPS) is 10.6. The molecule has 0 saturated heterocycles. The predicted molar refractivity (Wildman–Crippen MR) is 94.5 cm³/mol. The lowest BCUT2D eigenvalue weighted by Crippen LogP contribution is -2.25. The Kier molecular flexibility index (Phi) is 5.23. The molecule has 0 aliphatic rings. The average Bonchev–Trinajstić information content (AvgIpc) is 3.00. The smallest absolute Gasteiger partial charge is 0.224 e. The van der Waals surface area contributed by atoms with Gasteiger partial charge in [-0.15, -0.1) is 0 Å². The Bertz CT molecular complexity index is 873. The first-order valence-electron chi connectivity index (χ1n) is 8.17. The lowest BCUT2D eigenvalue weighted by molar-refractivity contribution is -0.120. The fourth-order valence-corrected chi connectivity index (χ4v) is 2.68. The Balaban J connectivity index is 1.58. The van der Waals surface area contributed by atoms with Crippen LogP contribution in [0.2, 0.25) is 0 Å². The lowest BCUT2D eigenvalue weighted by atomic mass is 10.1. The van der Waals surface area contributed by atoms with E-state index in [1.54, 1.807) is 24.4 Å². The Hall–Kier alpha value is -2.95. The minimum atomic E-state index is -0.352. The third-order valence-electron chi connectivity index (χ3n) is 4.07. The van der Waals surface area contributed by atoms with Crippen LogP contribution in [-0.4, -0.2) is 15.5 Å². The molecule has 1 amide bonds. The summed E-state index contributed by atoms with van der Waals surface area (Å²) >= 11 is 0. The van der Waals surface area contributed by atoms with Gasteiger partial charge in [0.1, 0.15) is 11.6 Å². The van der Waals surface area contributed by atoms with Gasteiger partial charge in [0.15, 0.2) is 0 Å². The third-order valence-corrected chi connectivity index (χ3v) is 4.07. The van der Waals surface area contributed by atoms with Gasteiger partial charge in [0.25, 0.3) is 0 Å². The molecule has 0 fully saturated rings. The average molecular weight is 337 g/mol. The summed E-state index contributed by atoms with van der Waals surface area (Å²) in [6.07, 6.45) is 3.76. The second kappa shape index (κ2) is 7.75. The van der Waals surface area contributed by atoms with Crippen LogP contribution < -0.4 is 5.32 Å². The van der Waals surface area contributed by atoms with Crippen LogP contribution in [0.15, 0.2) is 60.9 Å². The van der Waals surface area contributed by atoms with Crippen LogP contribution >= 0.6 is 0 Å². The number of nitrogens with zero attached hydrogens (tertiary/aromatic N) is 2. The number of aromatic nitrogens is 2. The van der Waals surface area contributed by atoms with Crippen molar-refractivity contribution >= 4 is 5.91 Å². The highest BCUT2D eigenvalue weighted by Crippen LogP contribution is 2.10. The zero-order valence-electron chi connectivity index (χ0n) is 14.1. The molecule has 0 radical (unpaired) electrons. The number of nitrogens with one attached hydrogen (secondary N) is 1. The molecule has 3 rings (SSSR count). The molecule has 128 valence electrons. The molecule has 0 atom stereocenters. The molecular formula is C20H20FN3O. The van der Waals surface area contributed by atoms with Crippen LogP contribution in [0.4, 0.5) is 4.39 Å². The molecule has 5 heteroatoms. The van der Waals surface area contributed by atoms with E-state index < -0.39 is 0 Å².